The van der Waals surface area contributed by atoms with Crippen LogP contribution in [0.4, 0.5) is 0 Å². The summed E-state index contributed by atoms with van der Waals surface area (Å²) in [5.74, 6) is 0.727. The summed E-state index contributed by atoms with van der Waals surface area (Å²) in [6, 6.07) is 11.3. The lowest BCUT2D eigenvalue weighted by atomic mass is 9.94. The zero-order valence-electron chi connectivity index (χ0n) is 10.9. The quantitative estimate of drug-likeness (QED) is 0.815. The molecule has 0 fully saturated rings. The molecule has 2 aromatic rings. The van der Waals surface area contributed by atoms with Crippen molar-refractivity contribution >= 4 is 23.2 Å². The number of hydrogen-bond donors (Lipinski definition) is 1. The fourth-order valence-corrected chi connectivity index (χ4v) is 2.79. The minimum atomic E-state index is -0.530. The maximum absolute atomic E-state index is 10.3. The number of benzene rings is 2. The SMILES string of the molecule is Cc1ccc2c(c1)[C@H](O)CC(c1ccc(Cl)c(Cl)c1)O2. The Kier molecular flexibility index (Phi) is 3.63. The molecular formula is C16H14Cl2O2. The standard InChI is InChI=1S/C16H14Cl2O2/c1-9-2-5-15-11(6-9)14(19)8-16(20-15)10-3-4-12(17)13(18)7-10/h2-7,14,16,19H,8H2,1H3/t14-,16?/m1/s1. The Bertz CT molecular complexity index is 655. The predicted molar refractivity (Wildman–Crippen MR) is 80.6 cm³/mol. The van der Waals surface area contributed by atoms with E-state index in [9.17, 15) is 5.11 Å². The largest absolute Gasteiger partial charge is 0.485 e. The van der Waals surface area contributed by atoms with Crippen LogP contribution >= 0.6 is 23.2 Å². The second-order valence-electron chi connectivity index (χ2n) is 5.07. The highest BCUT2D eigenvalue weighted by molar-refractivity contribution is 6.42. The van der Waals surface area contributed by atoms with Crippen LogP contribution in [-0.4, -0.2) is 5.11 Å². The Morgan fingerprint density at radius 2 is 1.90 bits per heavy atom. The van der Waals surface area contributed by atoms with Gasteiger partial charge in [-0.25, -0.2) is 0 Å². The van der Waals surface area contributed by atoms with Gasteiger partial charge >= 0.3 is 0 Å². The summed E-state index contributed by atoms with van der Waals surface area (Å²) in [4.78, 5) is 0. The third kappa shape index (κ3) is 2.51. The third-order valence-corrected chi connectivity index (χ3v) is 4.29. The summed E-state index contributed by atoms with van der Waals surface area (Å²) >= 11 is 12.0. The van der Waals surface area contributed by atoms with Gasteiger partial charge in [-0.2, -0.15) is 0 Å². The van der Waals surface area contributed by atoms with Crippen molar-refractivity contribution in [3.8, 4) is 5.75 Å². The highest BCUT2D eigenvalue weighted by Gasteiger charge is 2.28. The van der Waals surface area contributed by atoms with Gasteiger partial charge in [0.2, 0.25) is 0 Å². The Balaban J connectivity index is 1.94. The van der Waals surface area contributed by atoms with E-state index in [1.807, 2.05) is 31.2 Å². The van der Waals surface area contributed by atoms with Gasteiger partial charge in [-0.3, -0.25) is 0 Å². The van der Waals surface area contributed by atoms with Gasteiger partial charge in [0.15, 0.2) is 0 Å². The molecule has 1 N–H and O–H groups in total. The molecule has 0 bridgehead atoms. The van der Waals surface area contributed by atoms with Crippen LogP contribution in [0.3, 0.4) is 0 Å². The van der Waals surface area contributed by atoms with Gasteiger partial charge in [0.25, 0.3) is 0 Å². The molecule has 0 amide bonds. The van der Waals surface area contributed by atoms with Gasteiger partial charge in [-0.15, -0.1) is 0 Å². The van der Waals surface area contributed by atoms with E-state index in [2.05, 4.69) is 0 Å². The highest BCUT2D eigenvalue weighted by atomic mass is 35.5. The van der Waals surface area contributed by atoms with Crippen molar-refractivity contribution in [1.29, 1.82) is 0 Å². The number of hydrogen-bond acceptors (Lipinski definition) is 2. The zero-order valence-corrected chi connectivity index (χ0v) is 12.4. The Labute approximate surface area is 127 Å². The predicted octanol–water partition coefficient (Wildman–Crippen LogP) is 4.86. The molecule has 0 saturated heterocycles. The van der Waals surface area contributed by atoms with Crippen molar-refractivity contribution in [2.24, 2.45) is 0 Å². The third-order valence-electron chi connectivity index (χ3n) is 3.55. The molecule has 2 aromatic carbocycles. The lowest BCUT2D eigenvalue weighted by Crippen LogP contribution is -2.19. The number of rotatable bonds is 1. The average molecular weight is 309 g/mol. The highest BCUT2D eigenvalue weighted by Crippen LogP contribution is 2.41. The molecule has 4 heteroatoms. The van der Waals surface area contributed by atoms with Crippen molar-refractivity contribution in [3.63, 3.8) is 0 Å². The van der Waals surface area contributed by atoms with Crippen LogP contribution < -0.4 is 4.74 Å². The number of aliphatic hydroxyl groups is 1. The van der Waals surface area contributed by atoms with E-state index < -0.39 is 6.10 Å². The molecule has 104 valence electrons. The van der Waals surface area contributed by atoms with Gasteiger partial charge in [-0.05, 0) is 36.8 Å². The van der Waals surface area contributed by atoms with Gasteiger partial charge in [-0.1, -0.05) is 40.9 Å². The topological polar surface area (TPSA) is 29.5 Å². The van der Waals surface area contributed by atoms with Crippen molar-refractivity contribution in [3.05, 3.63) is 63.1 Å². The van der Waals surface area contributed by atoms with Crippen LogP contribution in [0.5, 0.6) is 5.75 Å². The van der Waals surface area contributed by atoms with Gasteiger partial charge in [0.1, 0.15) is 11.9 Å². The van der Waals surface area contributed by atoms with Crippen LogP contribution in [0.1, 0.15) is 35.3 Å². The summed E-state index contributed by atoms with van der Waals surface area (Å²) in [7, 11) is 0. The number of aryl methyl sites for hydroxylation is 1. The summed E-state index contributed by atoms with van der Waals surface area (Å²) in [6.45, 7) is 2.00. The minimum Gasteiger partial charge on any atom is -0.485 e. The summed E-state index contributed by atoms with van der Waals surface area (Å²) in [5.41, 5.74) is 2.88. The van der Waals surface area contributed by atoms with E-state index in [1.54, 1.807) is 12.1 Å². The molecule has 2 nitrogen and oxygen atoms in total. The van der Waals surface area contributed by atoms with Crippen LogP contribution in [0.25, 0.3) is 0 Å². The molecule has 1 aliphatic rings. The first-order chi connectivity index (χ1) is 9.54. The van der Waals surface area contributed by atoms with Crippen molar-refractivity contribution in [2.45, 2.75) is 25.6 Å². The molecule has 1 unspecified atom stereocenters. The normalized spacial score (nSPS) is 21.2. The monoisotopic (exact) mass is 308 g/mol. The Morgan fingerprint density at radius 1 is 1.10 bits per heavy atom. The number of fused-ring (bicyclic) bond motifs is 1. The molecular weight excluding hydrogens is 295 g/mol. The molecule has 1 aliphatic heterocycles. The second-order valence-corrected chi connectivity index (χ2v) is 5.89. The number of aliphatic hydroxyl groups excluding tert-OH is 1. The van der Waals surface area contributed by atoms with E-state index in [0.29, 0.717) is 16.5 Å². The summed E-state index contributed by atoms with van der Waals surface area (Å²) < 4.78 is 5.98. The number of halogens is 2. The molecule has 0 aliphatic carbocycles. The fraction of sp³-hybridized carbons (Fsp3) is 0.250. The zero-order chi connectivity index (χ0) is 14.3. The first-order valence-corrected chi connectivity index (χ1v) is 7.20. The summed E-state index contributed by atoms with van der Waals surface area (Å²) in [6.07, 6.45) is -0.234. The first kappa shape index (κ1) is 13.7. The van der Waals surface area contributed by atoms with E-state index in [1.165, 1.54) is 0 Å². The Hall–Kier alpha value is -1.22. The van der Waals surface area contributed by atoms with Crippen LogP contribution in [0.2, 0.25) is 10.0 Å². The van der Waals surface area contributed by atoms with Crippen molar-refractivity contribution in [1.82, 2.24) is 0 Å². The van der Waals surface area contributed by atoms with Gasteiger partial charge < -0.3 is 9.84 Å². The molecule has 0 saturated carbocycles. The van der Waals surface area contributed by atoms with E-state index in [0.717, 1.165) is 22.4 Å². The van der Waals surface area contributed by atoms with Gasteiger partial charge in [0, 0.05) is 12.0 Å². The number of ether oxygens (including phenoxy) is 1. The molecule has 1 heterocycles. The van der Waals surface area contributed by atoms with Gasteiger partial charge in [0.05, 0.1) is 16.1 Å². The van der Waals surface area contributed by atoms with Crippen LogP contribution in [0, 0.1) is 6.92 Å². The van der Waals surface area contributed by atoms with E-state index in [4.69, 9.17) is 27.9 Å². The lowest BCUT2D eigenvalue weighted by molar-refractivity contribution is 0.0657. The average Bonchev–Trinajstić information content (AvgIpc) is 2.42. The summed E-state index contributed by atoms with van der Waals surface area (Å²) in [5, 5.41) is 11.3. The molecule has 0 radical (unpaired) electrons. The van der Waals surface area contributed by atoms with Crippen molar-refractivity contribution < 1.29 is 9.84 Å². The van der Waals surface area contributed by atoms with E-state index >= 15 is 0 Å². The molecule has 20 heavy (non-hydrogen) atoms. The fourth-order valence-electron chi connectivity index (χ4n) is 2.48. The maximum Gasteiger partial charge on any atom is 0.127 e. The van der Waals surface area contributed by atoms with Crippen LogP contribution in [0.15, 0.2) is 36.4 Å². The molecule has 0 spiro atoms. The maximum atomic E-state index is 10.3. The Morgan fingerprint density at radius 3 is 2.65 bits per heavy atom. The van der Waals surface area contributed by atoms with Crippen molar-refractivity contribution in [2.75, 3.05) is 0 Å². The molecule has 2 atom stereocenters. The lowest BCUT2D eigenvalue weighted by Gasteiger charge is -2.30. The molecule has 0 aromatic heterocycles. The van der Waals surface area contributed by atoms with E-state index in [-0.39, 0.29) is 6.10 Å². The molecule has 3 rings (SSSR count). The van der Waals surface area contributed by atoms with Crippen LogP contribution in [-0.2, 0) is 0 Å². The second kappa shape index (κ2) is 5.28. The minimum absolute atomic E-state index is 0.213. The smallest absolute Gasteiger partial charge is 0.127 e. The first-order valence-electron chi connectivity index (χ1n) is 6.45.